The summed E-state index contributed by atoms with van der Waals surface area (Å²) in [5.41, 5.74) is 1.56. The van der Waals surface area contributed by atoms with Gasteiger partial charge in [0.2, 0.25) is 0 Å². The van der Waals surface area contributed by atoms with Gasteiger partial charge in [-0.15, -0.1) is 0 Å². The number of hydrogen-bond acceptors (Lipinski definition) is 6. The first-order valence-corrected chi connectivity index (χ1v) is 10.1. The van der Waals surface area contributed by atoms with Crippen molar-refractivity contribution in [3.05, 3.63) is 47.5 Å². The van der Waals surface area contributed by atoms with Crippen molar-refractivity contribution in [1.82, 2.24) is 13.8 Å². The Morgan fingerprint density at radius 3 is 2.74 bits per heavy atom. The first-order chi connectivity index (χ1) is 13.2. The third-order valence-electron chi connectivity index (χ3n) is 5.72. The van der Waals surface area contributed by atoms with E-state index in [0.29, 0.717) is 30.9 Å². The molecule has 6 nitrogen and oxygen atoms in total. The van der Waals surface area contributed by atoms with Gasteiger partial charge in [0, 0.05) is 41.9 Å². The molecule has 2 fully saturated rings. The summed E-state index contributed by atoms with van der Waals surface area (Å²) in [4.78, 5) is 15.4. The molecule has 2 atom stereocenters. The summed E-state index contributed by atoms with van der Waals surface area (Å²) in [6, 6.07) is 10.5. The Kier molecular flexibility index (Phi) is 4.22. The molecule has 0 radical (unpaired) electrons. The predicted octanol–water partition coefficient (Wildman–Crippen LogP) is 3.11. The molecule has 0 aliphatic carbocycles. The van der Waals surface area contributed by atoms with Crippen molar-refractivity contribution in [3.8, 4) is 5.82 Å². The fraction of sp³-hybridized carbons (Fsp3) is 0.400. The molecule has 2 aliphatic heterocycles. The molecule has 2 aromatic heterocycles. The molecule has 0 saturated carbocycles. The number of esters is 1. The van der Waals surface area contributed by atoms with Crippen LogP contribution in [0.5, 0.6) is 0 Å². The number of ether oxygens (including phenoxy) is 2. The average Bonchev–Trinajstić information content (AvgIpc) is 3.30. The average molecular weight is 383 g/mol. The smallest absolute Gasteiger partial charge is 0.340 e. The molecule has 4 heterocycles. The molecule has 0 amide bonds. The minimum atomic E-state index is -0.256. The van der Waals surface area contributed by atoms with Crippen LogP contribution in [0.1, 0.15) is 23.2 Å². The molecular formula is C20H21N3O3S. The van der Waals surface area contributed by atoms with Gasteiger partial charge in [0.25, 0.3) is 0 Å². The number of piperidine rings is 1. The van der Waals surface area contributed by atoms with Crippen LogP contribution >= 0.6 is 11.5 Å². The van der Waals surface area contributed by atoms with Gasteiger partial charge in [-0.3, -0.25) is 9.47 Å². The van der Waals surface area contributed by atoms with Crippen molar-refractivity contribution < 1.29 is 14.3 Å². The second-order valence-corrected chi connectivity index (χ2v) is 7.96. The lowest BCUT2D eigenvalue weighted by Gasteiger charge is -2.46. The first-order valence-electron chi connectivity index (χ1n) is 9.22. The molecule has 2 bridgehead atoms. The number of carbonyl (C=O) groups excluding carboxylic acids is 1. The summed E-state index contributed by atoms with van der Waals surface area (Å²) in [6.45, 7) is 1.42. The molecule has 7 heteroatoms. The van der Waals surface area contributed by atoms with Crippen LogP contribution in [0.4, 0.5) is 0 Å². The monoisotopic (exact) mass is 383 g/mol. The lowest BCUT2D eigenvalue weighted by atomic mass is 9.92. The van der Waals surface area contributed by atoms with E-state index < -0.39 is 0 Å². The zero-order chi connectivity index (χ0) is 18.4. The van der Waals surface area contributed by atoms with E-state index in [1.54, 1.807) is 0 Å². The number of rotatable bonds is 3. The van der Waals surface area contributed by atoms with Crippen molar-refractivity contribution in [2.45, 2.75) is 31.0 Å². The molecule has 3 aromatic rings. The van der Waals surface area contributed by atoms with Gasteiger partial charge < -0.3 is 9.47 Å². The zero-order valence-electron chi connectivity index (χ0n) is 15.1. The molecule has 0 spiro atoms. The highest BCUT2D eigenvalue weighted by Gasteiger charge is 2.38. The topological polar surface area (TPSA) is 56.6 Å². The summed E-state index contributed by atoms with van der Waals surface area (Å²) in [5, 5.41) is 2.83. The molecule has 0 N–H and O–H groups in total. The third kappa shape index (κ3) is 2.96. The minimum absolute atomic E-state index is 0.0611. The summed E-state index contributed by atoms with van der Waals surface area (Å²) in [7, 11) is 2.14. The van der Waals surface area contributed by atoms with E-state index in [1.807, 2.05) is 46.5 Å². The van der Waals surface area contributed by atoms with E-state index in [2.05, 4.69) is 16.3 Å². The SMILES string of the molecule is CN1C2COCC1CC(OC(=O)c1cn(-c3ccsn3)c3ccccc13)C2. The van der Waals surface area contributed by atoms with E-state index in [0.717, 1.165) is 29.6 Å². The van der Waals surface area contributed by atoms with Gasteiger partial charge >= 0.3 is 5.97 Å². The van der Waals surface area contributed by atoms with Crippen molar-refractivity contribution in [1.29, 1.82) is 0 Å². The first kappa shape index (κ1) is 16.9. The van der Waals surface area contributed by atoms with Gasteiger partial charge in [0.1, 0.15) is 6.10 Å². The standard InChI is InChI=1S/C20H21N3O3S/c1-22-13-8-15(9-14(22)12-25-11-13)26-20(24)17-10-23(19-6-7-27-21-19)18-5-3-2-4-16(17)18/h2-7,10,13-15H,8-9,11-12H2,1H3. The maximum atomic E-state index is 13.0. The van der Waals surface area contributed by atoms with Crippen LogP contribution in [0, 0.1) is 0 Å². The third-order valence-corrected chi connectivity index (χ3v) is 6.27. The van der Waals surface area contributed by atoms with Crippen LogP contribution in [0.15, 0.2) is 41.9 Å². The Morgan fingerprint density at radius 2 is 2.00 bits per heavy atom. The zero-order valence-corrected chi connectivity index (χ0v) is 15.9. The normalized spacial score (nSPS) is 25.6. The number of aromatic nitrogens is 2. The van der Waals surface area contributed by atoms with Gasteiger partial charge in [-0.05, 0) is 30.7 Å². The van der Waals surface area contributed by atoms with Crippen LogP contribution in [0.2, 0.25) is 0 Å². The van der Waals surface area contributed by atoms with E-state index in [4.69, 9.17) is 9.47 Å². The lowest BCUT2D eigenvalue weighted by Crippen LogP contribution is -2.56. The Balaban J connectivity index is 1.43. The van der Waals surface area contributed by atoms with Crippen molar-refractivity contribution >= 4 is 28.4 Å². The van der Waals surface area contributed by atoms with Gasteiger partial charge in [-0.25, -0.2) is 4.79 Å². The number of hydrogen-bond donors (Lipinski definition) is 0. The molecule has 1 aromatic carbocycles. The molecule has 27 heavy (non-hydrogen) atoms. The van der Waals surface area contributed by atoms with Gasteiger partial charge in [0.05, 0.1) is 24.3 Å². The molecule has 5 rings (SSSR count). The van der Waals surface area contributed by atoms with Crippen molar-refractivity contribution in [2.75, 3.05) is 20.3 Å². The van der Waals surface area contributed by atoms with E-state index in [-0.39, 0.29) is 12.1 Å². The number of morpholine rings is 1. The quantitative estimate of drug-likeness (QED) is 0.651. The number of benzene rings is 1. The van der Waals surface area contributed by atoms with Crippen LogP contribution in [-0.4, -0.2) is 58.3 Å². The Bertz CT molecular complexity index is 954. The largest absolute Gasteiger partial charge is 0.459 e. The summed E-state index contributed by atoms with van der Waals surface area (Å²) >= 11 is 1.40. The van der Waals surface area contributed by atoms with Crippen LogP contribution < -0.4 is 0 Å². The molecule has 2 saturated heterocycles. The Hall–Kier alpha value is -2.22. The molecule has 2 aliphatic rings. The maximum absolute atomic E-state index is 13.0. The number of nitrogens with zero attached hydrogens (tertiary/aromatic N) is 3. The number of carbonyl (C=O) groups is 1. The van der Waals surface area contributed by atoms with Crippen LogP contribution in [-0.2, 0) is 9.47 Å². The van der Waals surface area contributed by atoms with Crippen LogP contribution in [0.3, 0.4) is 0 Å². The van der Waals surface area contributed by atoms with Gasteiger partial charge in [0.15, 0.2) is 5.82 Å². The molecule has 2 unspecified atom stereocenters. The fourth-order valence-electron chi connectivity index (χ4n) is 4.22. The van der Waals surface area contributed by atoms with E-state index in [9.17, 15) is 4.79 Å². The maximum Gasteiger partial charge on any atom is 0.340 e. The fourth-order valence-corrected chi connectivity index (χ4v) is 4.72. The summed E-state index contributed by atoms with van der Waals surface area (Å²) in [5.74, 6) is 0.565. The lowest BCUT2D eigenvalue weighted by molar-refractivity contribution is -0.0970. The van der Waals surface area contributed by atoms with Gasteiger partial charge in [-0.2, -0.15) is 4.37 Å². The molecular weight excluding hydrogens is 362 g/mol. The Labute approximate surface area is 161 Å². The summed E-state index contributed by atoms with van der Waals surface area (Å²) in [6.07, 6.45) is 3.43. The van der Waals surface area contributed by atoms with E-state index >= 15 is 0 Å². The van der Waals surface area contributed by atoms with Crippen molar-refractivity contribution in [2.24, 2.45) is 0 Å². The number of para-hydroxylation sites is 1. The Morgan fingerprint density at radius 1 is 1.22 bits per heavy atom. The predicted molar refractivity (Wildman–Crippen MR) is 104 cm³/mol. The second-order valence-electron chi connectivity index (χ2n) is 7.30. The second kappa shape index (κ2) is 6.74. The van der Waals surface area contributed by atoms with Crippen LogP contribution in [0.25, 0.3) is 16.7 Å². The highest BCUT2D eigenvalue weighted by molar-refractivity contribution is 7.03. The minimum Gasteiger partial charge on any atom is -0.459 e. The van der Waals surface area contributed by atoms with Gasteiger partial charge in [-0.1, -0.05) is 18.2 Å². The number of fused-ring (bicyclic) bond motifs is 3. The highest BCUT2D eigenvalue weighted by Crippen LogP contribution is 2.30. The highest BCUT2D eigenvalue weighted by atomic mass is 32.1. The van der Waals surface area contributed by atoms with E-state index in [1.165, 1.54) is 11.5 Å². The number of likely N-dealkylation sites (N-methyl/N-ethyl adjacent to an activating group) is 1. The van der Waals surface area contributed by atoms with Crippen molar-refractivity contribution in [3.63, 3.8) is 0 Å². The summed E-state index contributed by atoms with van der Waals surface area (Å²) < 4.78 is 18.0. The molecule has 140 valence electrons.